The number of hydrogen-bond donors (Lipinski definition) is 2. The van der Waals surface area contributed by atoms with Gasteiger partial charge in [-0.15, -0.1) is 0 Å². The quantitative estimate of drug-likeness (QED) is 0.785. The molecule has 1 aliphatic rings. The van der Waals surface area contributed by atoms with Crippen LogP contribution in [0.15, 0.2) is 48.5 Å². The van der Waals surface area contributed by atoms with Gasteiger partial charge in [0, 0.05) is 12.2 Å². The number of benzene rings is 2. The maximum absolute atomic E-state index is 12.2. The molecule has 6 nitrogen and oxygen atoms in total. The van der Waals surface area contributed by atoms with Gasteiger partial charge < -0.3 is 15.2 Å². The fraction of sp³-hybridized carbons (Fsp3) is 0.300. The van der Waals surface area contributed by atoms with E-state index in [1.807, 2.05) is 17.0 Å². The molecule has 1 atom stereocenters. The second-order valence-corrected chi connectivity index (χ2v) is 6.92. The van der Waals surface area contributed by atoms with Crippen molar-refractivity contribution in [3.8, 4) is 11.5 Å². The number of anilines is 1. The van der Waals surface area contributed by atoms with Crippen molar-refractivity contribution in [3.63, 3.8) is 0 Å². The van der Waals surface area contributed by atoms with E-state index in [1.54, 1.807) is 36.4 Å². The van der Waals surface area contributed by atoms with Gasteiger partial charge in [0.15, 0.2) is 0 Å². The Kier molecular flexibility index (Phi) is 6.32. The molecule has 1 amide bonds. The highest BCUT2D eigenvalue weighted by Crippen LogP contribution is 2.29. The number of amides is 1. The number of halogens is 1. The van der Waals surface area contributed by atoms with Crippen LogP contribution in [-0.4, -0.2) is 41.5 Å². The molecule has 1 fully saturated rings. The first-order valence-corrected chi connectivity index (χ1v) is 9.16. The SMILES string of the molecule is O=C(CN1CCCC(C(=O)O)C1)Nc1ccc(Oc2ccccc2Cl)cc1. The minimum atomic E-state index is -0.797. The molecule has 1 aliphatic heterocycles. The van der Waals surface area contributed by atoms with Gasteiger partial charge in [-0.3, -0.25) is 14.5 Å². The zero-order chi connectivity index (χ0) is 19.2. The second-order valence-electron chi connectivity index (χ2n) is 6.52. The Labute approximate surface area is 162 Å². The lowest BCUT2D eigenvalue weighted by Gasteiger charge is -2.29. The largest absolute Gasteiger partial charge is 0.481 e. The van der Waals surface area contributed by atoms with E-state index in [4.69, 9.17) is 21.4 Å². The summed E-state index contributed by atoms with van der Waals surface area (Å²) >= 11 is 6.07. The molecule has 2 N–H and O–H groups in total. The summed E-state index contributed by atoms with van der Waals surface area (Å²) in [5, 5.41) is 12.5. The molecule has 0 aliphatic carbocycles. The molecule has 0 radical (unpaired) electrons. The van der Waals surface area contributed by atoms with Gasteiger partial charge in [-0.1, -0.05) is 23.7 Å². The Morgan fingerprint density at radius 2 is 1.93 bits per heavy atom. The highest BCUT2D eigenvalue weighted by Gasteiger charge is 2.26. The van der Waals surface area contributed by atoms with Crippen molar-refractivity contribution in [1.29, 1.82) is 0 Å². The van der Waals surface area contributed by atoms with Crippen LogP contribution in [0.3, 0.4) is 0 Å². The number of nitrogens with one attached hydrogen (secondary N) is 1. The van der Waals surface area contributed by atoms with E-state index in [0.29, 0.717) is 35.2 Å². The number of nitrogens with zero attached hydrogens (tertiary/aromatic N) is 1. The summed E-state index contributed by atoms with van der Waals surface area (Å²) in [6, 6.07) is 14.2. The highest BCUT2D eigenvalue weighted by atomic mass is 35.5. The van der Waals surface area contributed by atoms with E-state index in [0.717, 1.165) is 13.0 Å². The van der Waals surface area contributed by atoms with Crippen LogP contribution >= 0.6 is 11.6 Å². The summed E-state index contributed by atoms with van der Waals surface area (Å²) in [6.45, 7) is 1.33. The number of carboxylic acids is 1. The first kappa shape index (κ1) is 19.2. The Morgan fingerprint density at radius 3 is 2.63 bits per heavy atom. The predicted octanol–water partition coefficient (Wildman–Crippen LogP) is 3.87. The third-order valence-electron chi connectivity index (χ3n) is 4.42. The monoisotopic (exact) mass is 388 g/mol. The number of hydrogen-bond acceptors (Lipinski definition) is 4. The third kappa shape index (κ3) is 5.45. The van der Waals surface area contributed by atoms with Crippen molar-refractivity contribution in [2.24, 2.45) is 5.92 Å². The van der Waals surface area contributed by atoms with Gasteiger partial charge in [0.1, 0.15) is 11.5 Å². The maximum atomic E-state index is 12.2. The average molecular weight is 389 g/mol. The molecule has 7 heteroatoms. The van der Waals surface area contributed by atoms with E-state index in [-0.39, 0.29) is 12.5 Å². The molecule has 142 valence electrons. The number of piperidine rings is 1. The standard InChI is InChI=1S/C20H21ClN2O4/c21-17-5-1-2-6-18(17)27-16-9-7-15(8-10-16)22-19(24)13-23-11-3-4-14(12-23)20(25)26/h1-2,5-10,14H,3-4,11-13H2,(H,22,24)(H,25,26). The van der Waals surface area contributed by atoms with E-state index in [1.165, 1.54) is 0 Å². The van der Waals surface area contributed by atoms with E-state index in [9.17, 15) is 9.59 Å². The third-order valence-corrected chi connectivity index (χ3v) is 4.74. The maximum Gasteiger partial charge on any atom is 0.307 e. The summed E-state index contributed by atoms with van der Waals surface area (Å²) in [6.07, 6.45) is 1.46. The van der Waals surface area contributed by atoms with Crippen molar-refractivity contribution in [3.05, 3.63) is 53.6 Å². The van der Waals surface area contributed by atoms with Gasteiger partial charge in [-0.2, -0.15) is 0 Å². The molecule has 0 bridgehead atoms. The molecular formula is C20H21ClN2O4. The molecule has 0 aromatic heterocycles. The Balaban J connectivity index is 1.52. The van der Waals surface area contributed by atoms with Crippen LogP contribution in [0.25, 0.3) is 0 Å². The predicted molar refractivity (Wildman–Crippen MR) is 103 cm³/mol. The molecule has 0 saturated carbocycles. The first-order valence-electron chi connectivity index (χ1n) is 8.79. The van der Waals surface area contributed by atoms with Gasteiger partial charge in [0.05, 0.1) is 17.5 Å². The zero-order valence-corrected chi connectivity index (χ0v) is 15.5. The summed E-state index contributed by atoms with van der Waals surface area (Å²) in [4.78, 5) is 25.2. The number of carboxylic acid groups (broad SMARTS) is 1. The van der Waals surface area contributed by atoms with Gasteiger partial charge in [-0.25, -0.2) is 0 Å². The molecule has 0 spiro atoms. The lowest BCUT2D eigenvalue weighted by Crippen LogP contribution is -2.42. The molecule has 3 rings (SSSR count). The molecular weight excluding hydrogens is 368 g/mol. The molecule has 27 heavy (non-hydrogen) atoms. The van der Waals surface area contributed by atoms with Crippen LogP contribution in [0.4, 0.5) is 5.69 Å². The molecule has 1 unspecified atom stereocenters. The Morgan fingerprint density at radius 1 is 1.19 bits per heavy atom. The zero-order valence-electron chi connectivity index (χ0n) is 14.7. The van der Waals surface area contributed by atoms with Gasteiger partial charge >= 0.3 is 5.97 Å². The Bertz CT molecular complexity index is 810. The van der Waals surface area contributed by atoms with Crippen LogP contribution in [-0.2, 0) is 9.59 Å². The summed E-state index contributed by atoms with van der Waals surface area (Å²) < 4.78 is 5.72. The van der Waals surface area contributed by atoms with Crippen molar-refractivity contribution in [2.45, 2.75) is 12.8 Å². The minimum Gasteiger partial charge on any atom is -0.481 e. The van der Waals surface area contributed by atoms with Gasteiger partial charge in [0.2, 0.25) is 5.91 Å². The summed E-state index contributed by atoms with van der Waals surface area (Å²) in [5.74, 6) is -0.182. The number of likely N-dealkylation sites (tertiary alicyclic amines) is 1. The number of rotatable bonds is 6. The summed E-state index contributed by atoms with van der Waals surface area (Å²) in [7, 11) is 0. The molecule has 2 aromatic carbocycles. The van der Waals surface area contributed by atoms with Crippen molar-refractivity contribution >= 4 is 29.2 Å². The second kappa shape index (κ2) is 8.88. The number of ether oxygens (including phenoxy) is 1. The number of aliphatic carboxylic acids is 1. The fourth-order valence-electron chi connectivity index (χ4n) is 3.07. The van der Waals surface area contributed by atoms with Crippen LogP contribution < -0.4 is 10.1 Å². The lowest BCUT2D eigenvalue weighted by atomic mass is 9.98. The van der Waals surface area contributed by atoms with E-state index in [2.05, 4.69) is 5.32 Å². The topological polar surface area (TPSA) is 78.9 Å². The Hall–Kier alpha value is -2.57. The normalized spacial score (nSPS) is 17.3. The fourth-order valence-corrected chi connectivity index (χ4v) is 3.24. The molecule has 1 saturated heterocycles. The van der Waals surface area contributed by atoms with Crippen LogP contribution in [0.5, 0.6) is 11.5 Å². The smallest absolute Gasteiger partial charge is 0.307 e. The van der Waals surface area contributed by atoms with Crippen LogP contribution in [0, 0.1) is 5.92 Å². The van der Waals surface area contributed by atoms with Gasteiger partial charge in [0.25, 0.3) is 0 Å². The first-order chi connectivity index (χ1) is 13.0. The highest BCUT2D eigenvalue weighted by molar-refractivity contribution is 6.32. The minimum absolute atomic E-state index is 0.166. The molecule has 2 aromatic rings. The van der Waals surface area contributed by atoms with Gasteiger partial charge in [-0.05, 0) is 55.8 Å². The summed E-state index contributed by atoms with van der Waals surface area (Å²) in [5.41, 5.74) is 0.651. The number of para-hydroxylation sites is 1. The van der Waals surface area contributed by atoms with Crippen molar-refractivity contribution in [1.82, 2.24) is 4.90 Å². The van der Waals surface area contributed by atoms with E-state index < -0.39 is 11.9 Å². The van der Waals surface area contributed by atoms with E-state index >= 15 is 0 Å². The van der Waals surface area contributed by atoms with Crippen molar-refractivity contribution < 1.29 is 19.4 Å². The lowest BCUT2D eigenvalue weighted by molar-refractivity contribution is -0.144. The number of carbonyl (C=O) groups is 2. The van der Waals surface area contributed by atoms with Crippen LogP contribution in [0.2, 0.25) is 5.02 Å². The van der Waals surface area contributed by atoms with Crippen LogP contribution in [0.1, 0.15) is 12.8 Å². The van der Waals surface area contributed by atoms with Crippen molar-refractivity contribution in [2.75, 3.05) is 25.0 Å². The average Bonchev–Trinajstić information content (AvgIpc) is 2.65. The molecule has 1 heterocycles. The number of carbonyl (C=O) groups excluding carboxylic acids is 1.